The highest BCUT2D eigenvalue weighted by molar-refractivity contribution is 7.09. The van der Waals surface area contributed by atoms with Gasteiger partial charge in [-0.25, -0.2) is 9.98 Å². The van der Waals surface area contributed by atoms with Crippen LogP contribution in [-0.2, 0) is 17.9 Å². The number of piperidine rings is 1. The third kappa shape index (κ3) is 6.42. The molecule has 2 aliphatic heterocycles. The standard InChI is InChI=1S/C30H34ClN7O2S/c1-19-36-25(16-41-19)22-7-8-23(24(31)13-22)15-37-11-9-30(40,10-12-37)17-38-18-35-28(26(33)29(38)39)27(34-2)21-5-3-20(14-32)4-6-21/h3-8,13,16,18,33-34,40H,9-12,14-15,17,32H2,1-2H3/b28-27+,33-26?. The van der Waals surface area contributed by atoms with E-state index in [1.807, 2.05) is 54.8 Å². The van der Waals surface area contributed by atoms with E-state index in [2.05, 4.69) is 20.2 Å². The highest BCUT2D eigenvalue weighted by Crippen LogP contribution is 2.30. The van der Waals surface area contributed by atoms with Crippen molar-refractivity contribution < 1.29 is 9.90 Å². The van der Waals surface area contributed by atoms with Crippen LogP contribution in [0.4, 0.5) is 0 Å². The summed E-state index contributed by atoms with van der Waals surface area (Å²) in [5.74, 6) is -0.487. The number of amides is 1. The van der Waals surface area contributed by atoms with Gasteiger partial charge in [-0.2, -0.15) is 0 Å². The molecule has 214 valence electrons. The maximum Gasteiger partial charge on any atom is 0.279 e. The molecule has 1 amide bonds. The summed E-state index contributed by atoms with van der Waals surface area (Å²) in [6.45, 7) is 4.49. The Labute approximate surface area is 248 Å². The Kier molecular flexibility index (Phi) is 8.67. The molecular formula is C30H34ClN7O2S. The number of hydrogen-bond acceptors (Lipinski definition) is 9. The molecule has 41 heavy (non-hydrogen) atoms. The number of nitrogens with zero attached hydrogens (tertiary/aromatic N) is 4. The summed E-state index contributed by atoms with van der Waals surface area (Å²) in [7, 11) is 1.73. The van der Waals surface area contributed by atoms with Crippen molar-refractivity contribution in [3.05, 3.63) is 80.3 Å². The third-order valence-electron chi connectivity index (χ3n) is 7.62. The fraction of sp³-hybridized carbons (Fsp3) is 0.333. The molecule has 5 N–H and O–H groups in total. The van der Waals surface area contributed by atoms with Gasteiger partial charge in [0, 0.05) is 49.2 Å². The highest BCUT2D eigenvalue weighted by Gasteiger charge is 2.38. The van der Waals surface area contributed by atoms with Gasteiger partial charge in [-0.05, 0) is 42.5 Å². The summed E-state index contributed by atoms with van der Waals surface area (Å²) in [5.41, 5.74) is 10.0. The highest BCUT2D eigenvalue weighted by atomic mass is 35.5. The van der Waals surface area contributed by atoms with E-state index >= 15 is 0 Å². The molecule has 1 aromatic heterocycles. The van der Waals surface area contributed by atoms with E-state index in [1.165, 1.54) is 11.2 Å². The van der Waals surface area contributed by atoms with Crippen molar-refractivity contribution in [1.29, 1.82) is 5.41 Å². The smallest absolute Gasteiger partial charge is 0.279 e. The lowest BCUT2D eigenvalue weighted by Gasteiger charge is -2.40. The molecule has 1 saturated heterocycles. The second-order valence-corrected chi connectivity index (χ2v) is 12.0. The van der Waals surface area contributed by atoms with Crippen molar-refractivity contribution in [1.82, 2.24) is 20.1 Å². The summed E-state index contributed by atoms with van der Waals surface area (Å²) in [5, 5.41) is 26.7. The van der Waals surface area contributed by atoms with Gasteiger partial charge in [-0.15, -0.1) is 11.3 Å². The van der Waals surface area contributed by atoms with Crippen LogP contribution in [0.1, 0.15) is 34.5 Å². The Bertz CT molecular complexity index is 1510. The minimum absolute atomic E-state index is 0.0848. The monoisotopic (exact) mass is 591 g/mol. The van der Waals surface area contributed by atoms with Crippen LogP contribution in [0.25, 0.3) is 17.0 Å². The molecule has 0 aliphatic carbocycles. The lowest BCUT2D eigenvalue weighted by atomic mass is 9.90. The molecule has 11 heteroatoms. The molecule has 0 spiro atoms. The van der Waals surface area contributed by atoms with Crippen molar-refractivity contribution in [2.45, 2.75) is 38.5 Å². The number of aliphatic imine (C=N–C) groups is 1. The minimum atomic E-state index is -1.07. The largest absolute Gasteiger partial charge is 0.388 e. The zero-order valence-corrected chi connectivity index (χ0v) is 24.7. The number of carbonyl (C=O) groups excluding carboxylic acids is 1. The van der Waals surface area contributed by atoms with Crippen LogP contribution in [0.15, 0.2) is 58.5 Å². The fourth-order valence-electron chi connectivity index (χ4n) is 5.17. The number of thiazole rings is 1. The molecule has 3 aromatic rings. The summed E-state index contributed by atoms with van der Waals surface area (Å²) < 4.78 is 0. The van der Waals surface area contributed by atoms with E-state index < -0.39 is 11.5 Å². The topological polar surface area (TPSA) is 131 Å². The quantitative estimate of drug-likeness (QED) is 0.313. The summed E-state index contributed by atoms with van der Waals surface area (Å²) in [6.07, 6.45) is 2.41. The zero-order chi connectivity index (χ0) is 29.1. The molecule has 9 nitrogen and oxygen atoms in total. The van der Waals surface area contributed by atoms with Crippen molar-refractivity contribution >= 4 is 46.6 Å². The van der Waals surface area contributed by atoms with Crippen molar-refractivity contribution in [3.8, 4) is 11.3 Å². The number of nitrogens with one attached hydrogen (secondary N) is 2. The number of carbonyl (C=O) groups is 1. The maximum atomic E-state index is 13.2. The second kappa shape index (κ2) is 12.2. The molecular weight excluding hydrogens is 558 g/mol. The molecule has 1 fully saturated rings. The summed E-state index contributed by atoms with van der Waals surface area (Å²) >= 11 is 8.24. The third-order valence-corrected chi connectivity index (χ3v) is 8.74. The Morgan fingerprint density at radius 1 is 1.22 bits per heavy atom. The van der Waals surface area contributed by atoms with Crippen LogP contribution in [0.5, 0.6) is 0 Å². The van der Waals surface area contributed by atoms with Crippen LogP contribution in [0, 0.1) is 12.3 Å². The molecule has 3 heterocycles. The second-order valence-electron chi connectivity index (χ2n) is 10.5. The van der Waals surface area contributed by atoms with Crippen LogP contribution < -0.4 is 11.1 Å². The van der Waals surface area contributed by atoms with E-state index in [9.17, 15) is 9.90 Å². The van der Waals surface area contributed by atoms with E-state index in [-0.39, 0.29) is 18.0 Å². The summed E-state index contributed by atoms with van der Waals surface area (Å²) in [4.78, 5) is 25.8. The molecule has 0 bridgehead atoms. The number of β-amino-alcohol motifs (C(OH)–C–C–N with tert-alkyl or cyclic N) is 1. The Morgan fingerprint density at radius 3 is 2.56 bits per heavy atom. The molecule has 0 saturated carbocycles. The number of aromatic nitrogens is 1. The van der Waals surface area contributed by atoms with Gasteiger partial charge in [-0.3, -0.25) is 20.0 Å². The Balaban J connectivity index is 1.22. The van der Waals surface area contributed by atoms with E-state index in [1.54, 1.807) is 18.4 Å². The normalized spacial score (nSPS) is 18.6. The number of rotatable bonds is 8. The molecule has 2 aromatic carbocycles. The first-order valence-corrected chi connectivity index (χ1v) is 14.8. The van der Waals surface area contributed by atoms with Gasteiger partial charge < -0.3 is 16.2 Å². The van der Waals surface area contributed by atoms with Crippen LogP contribution in [-0.4, -0.2) is 70.1 Å². The molecule has 0 radical (unpaired) electrons. The van der Waals surface area contributed by atoms with Gasteiger partial charge in [0.15, 0.2) is 0 Å². The minimum Gasteiger partial charge on any atom is -0.388 e. The van der Waals surface area contributed by atoms with E-state index in [0.29, 0.717) is 49.7 Å². The lowest BCUT2D eigenvalue weighted by Crippen LogP contribution is -2.53. The number of likely N-dealkylation sites (tertiary alicyclic amines) is 1. The van der Waals surface area contributed by atoms with Crippen molar-refractivity contribution in [2.75, 3.05) is 26.7 Å². The number of benzene rings is 2. The van der Waals surface area contributed by atoms with Crippen LogP contribution in [0.3, 0.4) is 0 Å². The average Bonchev–Trinajstić information content (AvgIpc) is 3.41. The van der Waals surface area contributed by atoms with Gasteiger partial charge in [-0.1, -0.05) is 48.0 Å². The average molecular weight is 592 g/mol. The summed E-state index contributed by atoms with van der Waals surface area (Å²) in [6, 6.07) is 13.6. The van der Waals surface area contributed by atoms with Gasteiger partial charge in [0.1, 0.15) is 11.4 Å². The first-order valence-electron chi connectivity index (χ1n) is 13.5. The maximum absolute atomic E-state index is 13.2. The molecule has 2 aliphatic rings. The number of aliphatic hydroxyl groups is 1. The van der Waals surface area contributed by atoms with Gasteiger partial charge in [0.2, 0.25) is 0 Å². The molecule has 0 unspecified atom stereocenters. The first kappa shape index (κ1) is 29.1. The van der Waals surface area contributed by atoms with Gasteiger partial charge in [0.25, 0.3) is 5.91 Å². The SMILES string of the molecule is CN/C(=C1/N=CN(CC2(O)CCN(Cc3ccc(-c4csc(C)n4)cc3Cl)CC2)C(=O)C1=N)c1ccc(CN)cc1. The number of aryl methyl sites for hydroxylation is 1. The zero-order valence-electron chi connectivity index (χ0n) is 23.2. The predicted octanol–water partition coefficient (Wildman–Crippen LogP) is 4.04. The number of nitrogens with two attached hydrogens (primary N) is 1. The van der Waals surface area contributed by atoms with E-state index in [4.69, 9.17) is 22.7 Å². The lowest BCUT2D eigenvalue weighted by molar-refractivity contribution is -0.124. The van der Waals surface area contributed by atoms with Crippen molar-refractivity contribution in [2.24, 2.45) is 10.7 Å². The predicted molar refractivity (Wildman–Crippen MR) is 165 cm³/mol. The Morgan fingerprint density at radius 2 is 1.95 bits per heavy atom. The number of hydrogen-bond donors (Lipinski definition) is 4. The van der Waals surface area contributed by atoms with E-state index in [0.717, 1.165) is 33.0 Å². The first-order chi connectivity index (χ1) is 19.7. The van der Waals surface area contributed by atoms with Crippen LogP contribution in [0.2, 0.25) is 5.02 Å². The van der Waals surface area contributed by atoms with Gasteiger partial charge >= 0.3 is 0 Å². The number of halogens is 1. The Hall–Kier alpha value is -3.41. The van der Waals surface area contributed by atoms with Crippen LogP contribution >= 0.6 is 22.9 Å². The van der Waals surface area contributed by atoms with Crippen molar-refractivity contribution in [3.63, 3.8) is 0 Å². The van der Waals surface area contributed by atoms with Gasteiger partial charge in [0.05, 0.1) is 34.9 Å². The molecule has 0 atom stereocenters. The molecule has 5 rings (SSSR count). The fourth-order valence-corrected chi connectivity index (χ4v) is 6.04.